The first-order valence-electron chi connectivity index (χ1n) is 7.06. The first kappa shape index (κ1) is 18.1. The van der Waals surface area contributed by atoms with Crippen molar-refractivity contribution in [2.45, 2.75) is 49.2 Å². The third-order valence-electron chi connectivity index (χ3n) is 4.42. The summed E-state index contributed by atoms with van der Waals surface area (Å²) >= 11 is 0. The maximum atomic E-state index is 11.9. The first-order valence-corrected chi connectivity index (χ1v) is 10.0. The van der Waals surface area contributed by atoms with Crippen LogP contribution in [0, 0.1) is 0 Å². The number of hydrogen-bond donors (Lipinski definition) is 2. The lowest BCUT2D eigenvalue weighted by atomic mass is 9.75. The number of hydrogen-bond acceptors (Lipinski definition) is 5. The lowest BCUT2D eigenvalue weighted by Gasteiger charge is -2.33. The number of fused-ring (bicyclic) bond motifs is 1. The van der Waals surface area contributed by atoms with Crippen LogP contribution in [0.2, 0.25) is 0 Å². The lowest BCUT2D eigenvalue weighted by molar-refractivity contribution is 0.430. The summed E-state index contributed by atoms with van der Waals surface area (Å²) in [6, 6.07) is 3.84. The van der Waals surface area contributed by atoms with Crippen LogP contribution in [0.4, 0.5) is 5.69 Å². The fourth-order valence-corrected chi connectivity index (χ4v) is 5.02. The normalized spacial score (nSPS) is 22.6. The van der Waals surface area contributed by atoms with Gasteiger partial charge >= 0.3 is 0 Å². The van der Waals surface area contributed by atoms with Crippen molar-refractivity contribution in [3.63, 3.8) is 0 Å². The summed E-state index contributed by atoms with van der Waals surface area (Å²) in [5.41, 5.74) is 0.0963. The molecular weight excluding hydrogens is 342 g/mol. The van der Waals surface area contributed by atoms with Crippen molar-refractivity contribution in [3.05, 3.63) is 23.8 Å². The van der Waals surface area contributed by atoms with Gasteiger partial charge in [-0.15, -0.1) is 0 Å². The molecule has 23 heavy (non-hydrogen) atoms. The minimum absolute atomic E-state index is 0.192. The van der Waals surface area contributed by atoms with Crippen molar-refractivity contribution in [3.8, 4) is 0 Å². The molecule has 0 aliphatic carbocycles. The van der Waals surface area contributed by atoms with Crippen molar-refractivity contribution in [2.24, 2.45) is 4.99 Å². The molecule has 0 fully saturated rings. The molecule has 2 atom stereocenters. The second kappa shape index (κ2) is 5.66. The van der Waals surface area contributed by atoms with E-state index in [-0.39, 0.29) is 11.3 Å². The molecule has 1 aromatic rings. The van der Waals surface area contributed by atoms with Crippen LogP contribution in [0.15, 0.2) is 28.1 Å². The molecule has 128 valence electrons. The van der Waals surface area contributed by atoms with Crippen LogP contribution in [0.3, 0.4) is 0 Å². The fourth-order valence-electron chi connectivity index (χ4n) is 3.08. The third-order valence-corrected chi connectivity index (χ3v) is 6.70. The average Bonchev–Trinajstić information content (AvgIpc) is 2.66. The van der Waals surface area contributed by atoms with E-state index in [1.807, 2.05) is 0 Å². The van der Waals surface area contributed by atoms with Crippen LogP contribution >= 0.6 is 0 Å². The van der Waals surface area contributed by atoms with E-state index in [2.05, 4.69) is 4.99 Å². The lowest BCUT2D eigenvalue weighted by Crippen LogP contribution is -2.45. The van der Waals surface area contributed by atoms with Gasteiger partial charge in [0.25, 0.3) is 20.2 Å². The zero-order valence-corrected chi connectivity index (χ0v) is 14.6. The molecule has 0 bridgehead atoms. The Kier molecular flexibility index (Phi) is 4.44. The van der Waals surface area contributed by atoms with E-state index in [9.17, 15) is 25.9 Å². The maximum absolute atomic E-state index is 11.9. The Hall–Kier alpha value is -1.29. The summed E-state index contributed by atoms with van der Waals surface area (Å²) in [7, 11) is -8.81. The van der Waals surface area contributed by atoms with Gasteiger partial charge in [0.05, 0.1) is 16.0 Å². The molecule has 2 unspecified atom stereocenters. The molecule has 1 heterocycles. The SMILES string of the molecule is CCCC(C1(C)C(C)=Nc2ccc(S(=O)(=O)O)cc21)S(=O)(=O)O. The van der Waals surface area contributed by atoms with Crippen LogP contribution in [0.5, 0.6) is 0 Å². The van der Waals surface area contributed by atoms with Gasteiger partial charge in [0.1, 0.15) is 5.25 Å². The van der Waals surface area contributed by atoms with Crippen molar-refractivity contribution in [1.29, 1.82) is 0 Å². The van der Waals surface area contributed by atoms with Gasteiger partial charge in [-0.2, -0.15) is 16.8 Å². The fraction of sp³-hybridized carbons (Fsp3) is 0.500. The van der Waals surface area contributed by atoms with Crippen molar-refractivity contribution < 1.29 is 25.9 Å². The van der Waals surface area contributed by atoms with Crippen LogP contribution in [0.25, 0.3) is 0 Å². The Morgan fingerprint density at radius 2 is 1.83 bits per heavy atom. The highest BCUT2D eigenvalue weighted by Crippen LogP contribution is 2.46. The molecule has 1 aromatic carbocycles. The number of nitrogens with zero attached hydrogens (tertiary/aromatic N) is 1. The number of benzene rings is 1. The predicted molar refractivity (Wildman–Crippen MR) is 86.6 cm³/mol. The van der Waals surface area contributed by atoms with Gasteiger partial charge in [0, 0.05) is 5.71 Å². The van der Waals surface area contributed by atoms with Crippen LogP contribution in [-0.4, -0.2) is 36.9 Å². The van der Waals surface area contributed by atoms with E-state index in [0.29, 0.717) is 23.4 Å². The first-order chi connectivity index (χ1) is 10.4. The van der Waals surface area contributed by atoms with Gasteiger partial charge in [0.2, 0.25) is 0 Å². The van der Waals surface area contributed by atoms with Gasteiger partial charge in [-0.1, -0.05) is 13.3 Å². The Labute approximate surface area is 135 Å². The third kappa shape index (κ3) is 3.06. The summed E-state index contributed by atoms with van der Waals surface area (Å²) < 4.78 is 65.4. The molecule has 0 aromatic heterocycles. The van der Waals surface area contributed by atoms with Crippen LogP contribution < -0.4 is 0 Å². The summed E-state index contributed by atoms with van der Waals surface area (Å²) in [6.45, 7) is 5.04. The largest absolute Gasteiger partial charge is 0.294 e. The Bertz CT molecular complexity index is 873. The average molecular weight is 361 g/mol. The molecular formula is C14H19NO6S2. The Morgan fingerprint density at radius 1 is 1.22 bits per heavy atom. The van der Waals surface area contributed by atoms with Crippen LogP contribution in [-0.2, 0) is 25.7 Å². The van der Waals surface area contributed by atoms with E-state index in [4.69, 9.17) is 0 Å². The standard InChI is InChI=1S/C14H19NO6S2/c1-4-5-13(23(19,20)21)14(3)9(2)15-12-7-6-10(8-11(12)14)22(16,17)18/h6-8,13H,4-5H2,1-3H3,(H,16,17,18)(H,19,20,21). The molecule has 0 amide bonds. The van der Waals surface area contributed by atoms with Gasteiger partial charge in [-0.05, 0) is 44.0 Å². The molecule has 1 aliphatic heterocycles. The predicted octanol–water partition coefficient (Wildman–Crippen LogP) is 2.35. The van der Waals surface area contributed by atoms with Crippen molar-refractivity contribution in [2.75, 3.05) is 0 Å². The molecule has 0 saturated carbocycles. The molecule has 2 rings (SSSR count). The van der Waals surface area contributed by atoms with E-state index >= 15 is 0 Å². The van der Waals surface area contributed by atoms with E-state index in [0.717, 1.165) is 0 Å². The minimum atomic E-state index is -4.43. The maximum Gasteiger partial charge on any atom is 0.294 e. The molecule has 0 radical (unpaired) electrons. The Morgan fingerprint density at radius 3 is 2.30 bits per heavy atom. The van der Waals surface area contributed by atoms with Gasteiger partial charge in [-0.3, -0.25) is 14.1 Å². The summed E-state index contributed by atoms with van der Waals surface area (Å²) in [4.78, 5) is 3.97. The van der Waals surface area contributed by atoms with E-state index in [1.54, 1.807) is 20.8 Å². The molecule has 1 aliphatic rings. The zero-order chi connectivity index (χ0) is 17.6. The molecule has 7 nitrogen and oxygen atoms in total. The van der Waals surface area contributed by atoms with Gasteiger partial charge in [-0.25, -0.2) is 0 Å². The highest BCUT2D eigenvalue weighted by atomic mass is 32.2. The number of aliphatic imine (C=N–C) groups is 1. The van der Waals surface area contributed by atoms with Crippen molar-refractivity contribution >= 4 is 31.6 Å². The highest BCUT2D eigenvalue weighted by Gasteiger charge is 2.49. The minimum Gasteiger partial charge on any atom is -0.285 e. The summed E-state index contributed by atoms with van der Waals surface area (Å²) in [5, 5.41) is -1.15. The monoisotopic (exact) mass is 361 g/mol. The molecule has 9 heteroatoms. The molecule has 0 saturated heterocycles. The van der Waals surface area contributed by atoms with E-state index in [1.165, 1.54) is 18.2 Å². The van der Waals surface area contributed by atoms with Crippen molar-refractivity contribution in [1.82, 2.24) is 0 Å². The topological polar surface area (TPSA) is 121 Å². The van der Waals surface area contributed by atoms with E-state index < -0.39 is 30.9 Å². The Balaban J connectivity index is 2.73. The smallest absolute Gasteiger partial charge is 0.285 e. The second-order valence-corrected chi connectivity index (χ2v) is 8.87. The number of rotatable bonds is 5. The molecule has 2 N–H and O–H groups in total. The molecule has 0 spiro atoms. The highest BCUT2D eigenvalue weighted by molar-refractivity contribution is 7.86. The van der Waals surface area contributed by atoms with Gasteiger partial charge in [0.15, 0.2) is 0 Å². The zero-order valence-electron chi connectivity index (χ0n) is 13.0. The second-order valence-electron chi connectivity index (χ2n) is 5.85. The van der Waals surface area contributed by atoms with Crippen LogP contribution in [0.1, 0.15) is 39.2 Å². The summed E-state index contributed by atoms with van der Waals surface area (Å²) in [5.74, 6) is 0. The summed E-state index contributed by atoms with van der Waals surface area (Å²) in [6.07, 6.45) is 0.707. The quantitative estimate of drug-likeness (QED) is 0.777. The van der Waals surface area contributed by atoms with Gasteiger partial charge < -0.3 is 0 Å².